The van der Waals surface area contributed by atoms with E-state index in [9.17, 15) is 13.2 Å². The van der Waals surface area contributed by atoms with Crippen molar-refractivity contribution in [2.24, 2.45) is 5.73 Å². The molecule has 0 aliphatic rings. The highest BCUT2D eigenvalue weighted by atomic mass is 32.2. The standard InChI is InChI=1S/C6H12F3NOS/c1-11-2-3-12-5(4-10)6(7,8)9/h5H,2-4,10H2,1H3. The maximum atomic E-state index is 12.0. The summed E-state index contributed by atoms with van der Waals surface area (Å²) in [5.74, 6) is 0.317. The molecular formula is C6H12F3NOS. The maximum Gasteiger partial charge on any atom is 0.401 e. The zero-order valence-electron chi connectivity index (χ0n) is 6.73. The van der Waals surface area contributed by atoms with Crippen LogP contribution in [0.4, 0.5) is 13.2 Å². The van der Waals surface area contributed by atoms with Crippen LogP contribution in [-0.2, 0) is 4.74 Å². The molecule has 0 aliphatic heterocycles. The second-order valence-corrected chi connectivity index (χ2v) is 3.44. The number of hydrogen-bond donors (Lipinski definition) is 1. The van der Waals surface area contributed by atoms with E-state index in [1.807, 2.05) is 0 Å². The molecule has 0 saturated carbocycles. The number of ether oxygens (including phenoxy) is 1. The number of hydrogen-bond acceptors (Lipinski definition) is 3. The van der Waals surface area contributed by atoms with Gasteiger partial charge in [0.25, 0.3) is 0 Å². The molecule has 1 atom stereocenters. The van der Waals surface area contributed by atoms with Gasteiger partial charge in [0.05, 0.1) is 6.61 Å². The van der Waals surface area contributed by atoms with E-state index in [2.05, 4.69) is 4.74 Å². The lowest BCUT2D eigenvalue weighted by molar-refractivity contribution is -0.126. The molecule has 0 aromatic carbocycles. The Bertz CT molecular complexity index is 120. The first-order valence-corrected chi connectivity index (χ1v) is 4.44. The molecule has 6 heteroatoms. The maximum absolute atomic E-state index is 12.0. The average Bonchev–Trinajstić information content (AvgIpc) is 1.95. The molecule has 0 radical (unpaired) electrons. The van der Waals surface area contributed by atoms with Gasteiger partial charge < -0.3 is 10.5 Å². The van der Waals surface area contributed by atoms with Crippen molar-refractivity contribution in [2.75, 3.05) is 26.0 Å². The van der Waals surface area contributed by atoms with Crippen molar-refractivity contribution in [2.45, 2.75) is 11.4 Å². The van der Waals surface area contributed by atoms with Gasteiger partial charge in [-0.15, -0.1) is 11.8 Å². The number of alkyl halides is 3. The van der Waals surface area contributed by atoms with Crippen LogP contribution in [0.25, 0.3) is 0 Å². The Morgan fingerprint density at radius 1 is 1.50 bits per heavy atom. The number of rotatable bonds is 5. The van der Waals surface area contributed by atoms with Crippen LogP contribution < -0.4 is 5.73 Å². The Balaban J connectivity index is 3.68. The molecule has 0 rings (SSSR count). The molecule has 0 saturated heterocycles. The first kappa shape index (κ1) is 12.1. The van der Waals surface area contributed by atoms with Gasteiger partial charge in [-0.3, -0.25) is 0 Å². The second kappa shape index (κ2) is 5.66. The second-order valence-electron chi connectivity index (χ2n) is 2.13. The molecule has 12 heavy (non-hydrogen) atoms. The van der Waals surface area contributed by atoms with Gasteiger partial charge in [0, 0.05) is 19.4 Å². The van der Waals surface area contributed by atoms with E-state index < -0.39 is 11.4 Å². The van der Waals surface area contributed by atoms with Crippen molar-refractivity contribution in [1.29, 1.82) is 0 Å². The van der Waals surface area contributed by atoms with Crippen molar-refractivity contribution in [3.63, 3.8) is 0 Å². The summed E-state index contributed by atoms with van der Waals surface area (Å²) < 4.78 is 40.6. The fourth-order valence-corrected chi connectivity index (χ4v) is 1.44. The highest BCUT2D eigenvalue weighted by molar-refractivity contribution is 8.00. The van der Waals surface area contributed by atoms with Crippen LogP contribution in [-0.4, -0.2) is 37.4 Å². The molecule has 74 valence electrons. The van der Waals surface area contributed by atoms with E-state index in [1.165, 1.54) is 7.11 Å². The summed E-state index contributed by atoms with van der Waals surface area (Å²) in [5, 5.41) is -1.47. The summed E-state index contributed by atoms with van der Waals surface area (Å²) in [6.45, 7) is -0.0604. The van der Waals surface area contributed by atoms with Crippen molar-refractivity contribution in [3.05, 3.63) is 0 Å². The average molecular weight is 203 g/mol. The molecule has 0 aliphatic carbocycles. The van der Waals surface area contributed by atoms with E-state index in [0.717, 1.165) is 11.8 Å². The third-order valence-corrected chi connectivity index (χ3v) is 2.45. The van der Waals surface area contributed by atoms with Crippen LogP contribution in [0.1, 0.15) is 0 Å². The summed E-state index contributed by atoms with van der Waals surface area (Å²) in [7, 11) is 1.45. The molecule has 0 heterocycles. The molecule has 0 aromatic heterocycles. The van der Waals surface area contributed by atoms with Gasteiger partial charge in [-0.2, -0.15) is 13.2 Å². The minimum absolute atomic E-state index is 0.317. The summed E-state index contributed by atoms with van der Waals surface area (Å²) >= 11 is 0.778. The lowest BCUT2D eigenvalue weighted by Crippen LogP contribution is -2.33. The van der Waals surface area contributed by atoms with Gasteiger partial charge in [-0.05, 0) is 0 Å². The van der Waals surface area contributed by atoms with E-state index in [0.29, 0.717) is 12.4 Å². The zero-order chi connectivity index (χ0) is 9.61. The van der Waals surface area contributed by atoms with Gasteiger partial charge in [-0.25, -0.2) is 0 Å². The van der Waals surface area contributed by atoms with Crippen LogP contribution in [0, 0.1) is 0 Å². The summed E-state index contributed by atoms with van der Waals surface area (Å²) in [4.78, 5) is 0. The number of thioether (sulfide) groups is 1. The van der Waals surface area contributed by atoms with Gasteiger partial charge in [0.15, 0.2) is 0 Å². The van der Waals surface area contributed by atoms with Crippen LogP contribution in [0.5, 0.6) is 0 Å². The van der Waals surface area contributed by atoms with Gasteiger partial charge in [-0.1, -0.05) is 0 Å². The fraction of sp³-hybridized carbons (Fsp3) is 1.00. The molecule has 1 unspecified atom stereocenters. The van der Waals surface area contributed by atoms with E-state index in [4.69, 9.17) is 5.73 Å². The monoisotopic (exact) mass is 203 g/mol. The van der Waals surface area contributed by atoms with Gasteiger partial charge in [0.2, 0.25) is 0 Å². The van der Waals surface area contributed by atoms with Crippen LogP contribution in [0.15, 0.2) is 0 Å². The molecule has 0 fully saturated rings. The quantitative estimate of drug-likeness (QED) is 0.683. The molecule has 0 bridgehead atoms. The Kier molecular flexibility index (Phi) is 5.69. The Hall–Kier alpha value is 0.0600. The van der Waals surface area contributed by atoms with E-state index in [-0.39, 0.29) is 6.54 Å². The van der Waals surface area contributed by atoms with Gasteiger partial charge in [0.1, 0.15) is 5.25 Å². The van der Waals surface area contributed by atoms with Crippen molar-refractivity contribution >= 4 is 11.8 Å². The Labute approximate surface area is 73.6 Å². The van der Waals surface area contributed by atoms with E-state index in [1.54, 1.807) is 0 Å². The fourth-order valence-electron chi connectivity index (χ4n) is 0.570. The van der Waals surface area contributed by atoms with Crippen molar-refractivity contribution < 1.29 is 17.9 Å². The predicted octanol–water partition coefficient (Wildman–Crippen LogP) is 1.26. The first-order valence-electron chi connectivity index (χ1n) is 3.39. The normalized spacial score (nSPS) is 14.8. The largest absolute Gasteiger partial charge is 0.401 e. The lowest BCUT2D eigenvalue weighted by Gasteiger charge is -2.17. The molecule has 2 nitrogen and oxygen atoms in total. The van der Waals surface area contributed by atoms with Gasteiger partial charge >= 0.3 is 6.18 Å². The first-order chi connectivity index (χ1) is 5.52. The van der Waals surface area contributed by atoms with Crippen LogP contribution in [0.2, 0.25) is 0 Å². The van der Waals surface area contributed by atoms with Crippen LogP contribution in [0.3, 0.4) is 0 Å². The minimum atomic E-state index is -4.20. The minimum Gasteiger partial charge on any atom is -0.384 e. The SMILES string of the molecule is COCCSC(CN)C(F)(F)F. The number of nitrogens with two attached hydrogens (primary N) is 1. The summed E-state index contributed by atoms with van der Waals surface area (Å²) in [6, 6.07) is 0. The summed E-state index contributed by atoms with van der Waals surface area (Å²) in [6.07, 6.45) is -4.20. The summed E-state index contributed by atoms with van der Waals surface area (Å²) in [5.41, 5.74) is 4.96. The number of methoxy groups -OCH3 is 1. The lowest BCUT2D eigenvalue weighted by atomic mass is 10.4. The molecule has 2 N–H and O–H groups in total. The zero-order valence-corrected chi connectivity index (χ0v) is 7.54. The van der Waals surface area contributed by atoms with Crippen LogP contribution >= 0.6 is 11.8 Å². The molecule has 0 spiro atoms. The topological polar surface area (TPSA) is 35.2 Å². The highest BCUT2D eigenvalue weighted by Gasteiger charge is 2.38. The molecule has 0 aromatic rings. The van der Waals surface area contributed by atoms with E-state index >= 15 is 0 Å². The third kappa shape index (κ3) is 4.84. The Morgan fingerprint density at radius 2 is 2.08 bits per heavy atom. The smallest absolute Gasteiger partial charge is 0.384 e. The Morgan fingerprint density at radius 3 is 2.42 bits per heavy atom. The molecule has 0 amide bonds. The number of halogens is 3. The van der Waals surface area contributed by atoms with Crippen molar-refractivity contribution in [3.8, 4) is 0 Å². The molecular weight excluding hydrogens is 191 g/mol. The third-order valence-electron chi connectivity index (χ3n) is 1.19. The predicted molar refractivity (Wildman–Crippen MR) is 43.2 cm³/mol. The van der Waals surface area contributed by atoms with Crippen molar-refractivity contribution in [1.82, 2.24) is 0 Å². The highest BCUT2D eigenvalue weighted by Crippen LogP contribution is 2.29.